The molecule has 17 nitrogen and oxygen atoms in total. The predicted molar refractivity (Wildman–Crippen MR) is 400 cm³/mol. The van der Waals surface area contributed by atoms with Gasteiger partial charge in [0.25, 0.3) is 0 Å². The largest absolute Gasteiger partial charge is 0.472 e. The number of aliphatic hydroxyl groups is 1. The Morgan fingerprint density at radius 3 is 0.694 bits per heavy atom. The third-order valence-corrected chi connectivity index (χ3v) is 20.3. The fraction of sp³-hybridized carbons (Fsp3) is 0.949. The maximum absolute atomic E-state index is 13.1. The number of aliphatic hydroxyl groups excluding tert-OH is 1. The van der Waals surface area contributed by atoms with Gasteiger partial charge < -0.3 is 33.8 Å². The number of hydrogen-bond acceptors (Lipinski definition) is 15. The van der Waals surface area contributed by atoms with Crippen molar-refractivity contribution in [1.29, 1.82) is 0 Å². The van der Waals surface area contributed by atoms with Gasteiger partial charge in [-0.15, -0.1) is 0 Å². The average molecular weight is 1440 g/mol. The zero-order chi connectivity index (χ0) is 72.3. The molecule has 0 aliphatic carbocycles. The number of esters is 4. The van der Waals surface area contributed by atoms with E-state index in [4.69, 9.17) is 37.0 Å². The van der Waals surface area contributed by atoms with Crippen LogP contribution >= 0.6 is 15.6 Å². The van der Waals surface area contributed by atoms with Gasteiger partial charge in [0.05, 0.1) is 26.4 Å². The highest BCUT2D eigenvalue weighted by molar-refractivity contribution is 7.47. The SMILES string of the molecule is CCCCCCCCCCCCCCCCCCCCCC(=O)O[C@H](COC(=O)CCCCCCCCCCCCCCC(C)C)COP(=O)(O)OC[C@@H](O)COP(=O)(O)OC[C@@H](COC(=O)CCCCCCCCCCC(C)C)OC(=O)CCCCCCCCCCCCC(C)C. The molecule has 0 saturated carbocycles. The minimum absolute atomic E-state index is 0.105. The van der Waals surface area contributed by atoms with E-state index in [1.165, 1.54) is 218 Å². The Morgan fingerprint density at radius 2 is 0.469 bits per heavy atom. The van der Waals surface area contributed by atoms with Crippen LogP contribution in [-0.4, -0.2) is 96.7 Å². The van der Waals surface area contributed by atoms with Crippen LogP contribution in [0.1, 0.15) is 408 Å². The van der Waals surface area contributed by atoms with E-state index in [1.54, 1.807) is 0 Å². The Hall–Kier alpha value is -1.94. The number of phosphoric ester groups is 2. The van der Waals surface area contributed by atoms with Gasteiger partial charge in [0.1, 0.15) is 19.3 Å². The second-order valence-corrected chi connectivity index (χ2v) is 32.8. The van der Waals surface area contributed by atoms with E-state index < -0.39 is 97.5 Å². The van der Waals surface area contributed by atoms with Crippen molar-refractivity contribution in [3.63, 3.8) is 0 Å². The van der Waals surface area contributed by atoms with Crippen molar-refractivity contribution >= 4 is 39.5 Å². The van der Waals surface area contributed by atoms with E-state index >= 15 is 0 Å². The number of rotatable bonds is 77. The Bertz CT molecular complexity index is 1900. The Kier molecular flexibility index (Phi) is 68.1. The molecule has 0 spiro atoms. The molecule has 5 atom stereocenters. The van der Waals surface area contributed by atoms with E-state index in [0.29, 0.717) is 25.7 Å². The number of hydrogen-bond donors (Lipinski definition) is 3. The number of phosphoric acid groups is 2. The van der Waals surface area contributed by atoms with E-state index in [-0.39, 0.29) is 25.7 Å². The first-order chi connectivity index (χ1) is 47.2. The van der Waals surface area contributed by atoms with Gasteiger partial charge in [-0.1, -0.05) is 357 Å². The second-order valence-electron chi connectivity index (χ2n) is 29.9. The van der Waals surface area contributed by atoms with Gasteiger partial charge in [-0.2, -0.15) is 0 Å². The van der Waals surface area contributed by atoms with Crippen LogP contribution in [0.4, 0.5) is 0 Å². The maximum atomic E-state index is 13.1. The zero-order valence-corrected chi connectivity index (χ0v) is 66.0. The van der Waals surface area contributed by atoms with Gasteiger partial charge >= 0.3 is 39.5 Å². The van der Waals surface area contributed by atoms with Crippen molar-refractivity contribution < 1.29 is 80.2 Å². The average Bonchev–Trinajstić information content (AvgIpc) is 1.06. The van der Waals surface area contributed by atoms with Crippen molar-refractivity contribution in [2.24, 2.45) is 17.8 Å². The summed E-state index contributed by atoms with van der Waals surface area (Å²) < 4.78 is 68.6. The molecule has 0 radical (unpaired) electrons. The zero-order valence-electron chi connectivity index (χ0n) is 64.3. The Morgan fingerprint density at radius 1 is 0.276 bits per heavy atom. The van der Waals surface area contributed by atoms with Gasteiger partial charge in [-0.25, -0.2) is 9.13 Å². The molecule has 98 heavy (non-hydrogen) atoms. The first-order valence-corrected chi connectivity index (χ1v) is 43.8. The summed E-state index contributed by atoms with van der Waals surface area (Å²) >= 11 is 0. The fourth-order valence-corrected chi connectivity index (χ4v) is 13.7. The summed E-state index contributed by atoms with van der Waals surface area (Å²) in [5.74, 6) is 0.146. The quantitative estimate of drug-likeness (QED) is 0.0222. The predicted octanol–water partition coefficient (Wildman–Crippen LogP) is 23.4. The third kappa shape index (κ3) is 72.4. The lowest BCUT2D eigenvalue weighted by Gasteiger charge is -2.21. The summed E-state index contributed by atoms with van der Waals surface area (Å²) in [5.41, 5.74) is 0. The van der Waals surface area contributed by atoms with Crippen molar-refractivity contribution in [2.75, 3.05) is 39.6 Å². The maximum Gasteiger partial charge on any atom is 0.472 e. The van der Waals surface area contributed by atoms with Gasteiger partial charge in [0.2, 0.25) is 0 Å². The summed E-state index contributed by atoms with van der Waals surface area (Å²) in [6, 6.07) is 0. The van der Waals surface area contributed by atoms with Crippen molar-refractivity contribution in [2.45, 2.75) is 426 Å². The number of carbonyl (C=O) groups excluding carboxylic acids is 4. The van der Waals surface area contributed by atoms with Crippen LogP contribution in [0.5, 0.6) is 0 Å². The highest BCUT2D eigenvalue weighted by Crippen LogP contribution is 2.45. The van der Waals surface area contributed by atoms with E-state index in [2.05, 4.69) is 48.5 Å². The summed E-state index contributed by atoms with van der Waals surface area (Å²) in [4.78, 5) is 72.9. The van der Waals surface area contributed by atoms with Crippen LogP contribution in [-0.2, 0) is 65.4 Å². The molecule has 2 unspecified atom stereocenters. The van der Waals surface area contributed by atoms with Crippen molar-refractivity contribution in [3.8, 4) is 0 Å². The highest BCUT2D eigenvalue weighted by atomic mass is 31.2. The number of carbonyl (C=O) groups is 4. The lowest BCUT2D eigenvalue weighted by atomic mass is 10.0. The summed E-state index contributed by atoms with van der Waals surface area (Å²) in [7, 11) is -9.92. The Balaban J connectivity index is 5.25. The number of unbranched alkanes of at least 4 members (excludes halogenated alkanes) is 45. The Labute approximate surface area is 600 Å². The summed E-state index contributed by atoms with van der Waals surface area (Å²) in [6.07, 6.45) is 56.9. The van der Waals surface area contributed by atoms with Crippen molar-refractivity contribution in [3.05, 3.63) is 0 Å². The minimum atomic E-state index is -4.96. The standard InChI is InChI=1S/C79H154O17P2/c1-8-9-10-11-12-13-14-15-16-17-18-19-20-21-26-32-41-48-55-62-78(83)95-74(66-89-76(81)60-53-46-39-31-25-23-22-24-29-36-43-50-57-70(2)3)68-93-97(85,86)91-64-73(80)65-92-98(87,88)94-69-75(67-90-77(82)61-54-47-40-35-34-38-45-52-59-72(6)7)96-79(84)63-56-49-42-33-28-27-30-37-44-51-58-71(4)5/h70-75,80H,8-69H2,1-7H3,(H,85,86)(H,87,88)/t73-,74-,75-/m1/s1. The molecule has 0 bridgehead atoms. The van der Waals surface area contributed by atoms with Crippen LogP contribution in [0.15, 0.2) is 0 Å². The van der Waals surface area contributed by atoms with Gasteiger partial charge in [-0.05, 0) is 43.4 Å². The molecule has 0 aliphatic rings. The molecule has 19 heteroatoms. The van der Waals surface area contributed by atoms with Crippen LogP contribution < -0.4 is 0 Å². The van der Waals surface area contributed by atoms with Crippen molar-refractivity contribution in [1.82, 2.24) is 0 Å². The molecular weight excluding hydrogens is 1280 g/mol. The number of ether oxygens (including phenoxy) is 4. The summed E-state index contributed by atoms with van der Waals surface area (Å²) in [5, 5.41) is 10.6. The van der Waals surface area contributed by atoms with Gasteiger partial charge in [-0.3, -0.25) is 37.3 Å². The molecule has 3 N–H and O–H groups in total. The molecule has 0 amide bonds. The molecule has 0 saturated heterocycles. The van der Waals surface area contributed by atoms with E-state index in [9.17, 15) is 43.2 Å². The molecule has 0 aliphatic heterocycles. The van der Waals surface area contributed by atoms with Gasteiger partial charge in [0.15, 0.2) is 12.2 Å². The lowest BCUT2D eigenvalue weighted by Crippen LogP contribution is -2.30. The molecule has 0 heterocycles. The summed E-state index contributed by atoms with van der Waals surface area (Å²) in [6.45, 7) is 11.9. The molecular formula is C79H154O17P2. The van der Waals surface area contributed by atoms with Crippen LogP contribution in [0.3, 0.4) is 0 Å². The smallest absolute Gasteiger partial charge is 0.462 e. The topological polar surface area (TPSA) is 237 Å². The highest BCUT2D eigenvalue weighted by Gasteiger charge is 2.30. The first kappa shape index (κ1) is 96.1. The molecule has 582 valence electrons. The third-order valence-electron chi connectivity index (χ3n) is 18.4. The van der Waals surface area contributed by atoms with E-state index in [1.807, 2.05) is 0 Å². The van der Waals surface area contributed by atoms with Crippen LogP contribution in [0.2, 0.25) is 0 Å². The molecule has 0 aromatic heterocycles. The monoisotopic (exact) mass is 1440 g/mol. The molecule has 0 fully saturated rings. The normalized spacial score (nSPS) is 14.0. The first-order valence-electron chi connectivity index (χ1n) is 40.8. The van der Waals surface area contributed by atoms with Gasteiger partial charge in [0, 0.05) is 25.7 Å². The second kappa shape index (κ2) is 69.4. The molecule has 0 rings (SSSR count). The minimum Gasteiger partial charge on any atom is -0.462 e. The molecule has 0 aromatic carbocycles. The van der Waals surface area contributed by atoms with Crippen LogP contribution in [0, 0.1) is 17.8 Å². The lowest BCUT2D eigenvalue weighted by molar-refractivity contribution is -0.161. The van der Waals surface area contributed by atoms with Crippen LogP contribution in [0.25, 0.3) is 0 Å². The molecule has 0 aromatic rings. The van der Waals surface area contributed by atoms with E-state index in [0.717, 1.165) is 108 Å². The fourth-order valence-electron chi connectivity index (χ4n) is 12.1.